The van der Waals surface area contributed by atoms with Crippen LogP contribution in [0.3, 0.4) is 0 Å². The molecule has 2 aromatic rings. The lowest BCUT2D eigenvalue weighted by atomic mass is 10.2. The summed E-state index contributed by atoms with van der Waals surface area (Å²) in [5.74, 6) is -0.814. The highest BCUT2D eigenvalue weighted by Gasteiger charge is 2.31. The summed E-state index contributed by atoms with van der Waals surface area (Å²) in [5, 5.41) is -0.0458. The molecule has 128 valence electrons. The number of carbonyl (C=O) groups is 1. The van der Waals surface area contributed by atoms with Crippen molar-refractivity contribution < 1.29 is 26.4 Å². The largest absolute Gasteiger partial charge is 0.416 e. The maximum absolute atomic E-state index is 12.7. The van der Waals surface area contributed by atoms with Gasteiger partial charge in [0.1, 0.15) is 0 Å². The fourth-order valence-corrected chi connectivity index (χ4v) is 3.14. The Balaban J connectivity index is 2.43. The van der Waals surface area contributed by atoms with E-state index in [9.17, 15) is 26.4 Å². The van der Waals surface area contributed by atoms with Gasteiger partial charge < -0.3 is 5.73 Å². The van der Waals surface area contributed by atoms with E-state index in [4.69, 9.17) is 17.3 Å². The Labute approximate surface area is 140 Å². The van der Waals surface area contributed by atoms with Crippen LogP contribution in [0.1, 0.15) is 15.9 Å². The number of alkyl halides is 3. The fraction of sp³-hybridized carbons (Fsp3) is 0.0714. The van der Waals surface area contributed by atoms with Crippen LogP contribution in [0.2, 0.25) is 5.02 Å². The molecule has 0 fully saturated rings. The van der Waals surface area contributed by atoms with Gasteiger partial charge in [-0.25, -0.2) is 8.42 Å². The predicted molar refractivity (Wildman–Crippen MR) is 82.2 cm³/mol. The van der Waals surface area contributed by atoms with Gasteiger partial charge in [-0.05, 0) is 36.4 Å². The second-order valence-electron chi connectivity index (χ2n) is 4.69. The maximum atomic E-state index is 12.7. The monoisotopic (exact) mass is 378 g/mol. The summed E-state index contributed by atoms with van der Waals surface area (Å²) in [5.41, 5.74) is 3.79. The van der Waals surface area contributed by atoms with Crippen LogP contribution in [-0.4, -0.2) is 14.3 Å². The SMILES string of the molecule is NC(=O)c1ccc(Cl)c(NS(=O)(=O)c2cccc(C(F)(F)F)c2)c1. The number of halogens is 4. The van der Waals surface area contributed by atoms with Gasteiger partial charge in [0.05, 0.1) is 21.2 Å². The van der Waals surface area contributed by atoms with Gasteiger partial charge in [-0.15, -0.1) is 0 Å². The minimum Gasteiger partial charge on any atom is -0.366 e. The molecule has 24 heavy (non-hydrogen) atoms. The van der Waals surface area contributed by atoms with Crippen molar-refractivity contribution in [2.24, 2.45) is 5.73 Å². The zero-order valence-corrected chi connectivity index (χ0v) is 13.3. The molecule has 0 radical (unpaired) electrons. The molecule has 0 unspecified atom stereocenters. The topological polar surface area (TPSA) is 89.3 Å². The summed E-state index contributed by atoms with van der Waals surface area (Å²) in [7, 11) is -4.35. The van der Waals surface area contributed by atoms with Crippen molar-refractivity contribution in [1.29, 1.82) is 0 Å². The highest BCUT2D eigenvalue weighted by molar-refractivity contribution is 7.92. The predicted octanol–water partition coefficient (Wildman–Crippen LogP) is 3.26. The summed E-state index contributed by atoms with van der Waals surface area (Å²) in [4.78, 5) is 10.5. The van der Waals surface area contributed by atoms with E-state index in [1.807, 2.05) is 4.72 Å². The van der Waals surface area contributed by atoms with Crippen molar-refractivity contribution in [3.05, 3.63) is 58.6 Å². The zero-order chi connectivity index (χ0) is 18.1. The third-order valence-corrected chi connectivity index (χ3v) is 4.66. The van der Waals surface area contributed by atoms with Crippen molar-refractivity contribution in [3.63, 3.8) is 0 Å². The number of anilines is 1. The molecule has 0 atom stereocenters. The first kappa shape index (κ1) is 18.1. The van der Waals surface area contributed by atoms with E-state index < -0.39 is 32.6 Å². The summed E-state index contributed by atoms with van der Waals surface area (Å²) < 4.78 is 64.7. The Bertz CT molecular complexity index is 898. The standard InChI is InChI=1S/C14H10ClF3N2O3S/c15-11-5-4-8(13(19)21)6-12(11)20-24(22,23)10-3-1-2-9(7-10)14(16,17)18/h1-7,20H,(H2,19,21). The van der Waals surface area contributed by atoms with E-state index in [1.54, 1.807) is 0 Å². The Morgan fingerprint density at radius 1 is 1.12 bits per heavy atom. The van der Waals surface area contributed by atoms with E-state index in [0.717, 1.165) is 24.3 Å². The van der Waals surface area contributed by atoms with Crippen molar-refractivity contribution >= 4 is 33.2 Å². The van der Waals surface area contributed by atoms with Crippen molar-refractivity contribution in [2.75, 3.05) is 4.72 Å². The quantitative estimate of drug-likeness (QED) is 0.855. The van der Waals surface area contributed by atoms with E-state index in [0.29, 0.717) is 6.07 Å². The van der Waals surface area contributed by atoms with E-state index in [-0.39, 0.29) is 16.3 Å². The molecule has 10 heteroatoms. The normalized spacial score (nSPS) is 12.0. The van der Waals surface area contributed by atoms with Gasteiger partial charge in [-0.3, -0.25) is 9.52 Å². The van der Waals surface area contributed by atoms with Gasteiger partial charge in [0.2, 0.25) is 5.91 Å². The van der Waals surface area contributed by atoms with Gasteiger partial charge in [0, 0.05) is 5.56 Å². The molecular formula is C14H10ClF3N2O3S. The summed E-state index contributed by atoms with van der Waals surface area (Å²) >= 11 is 5.84. The van der Waals surface area contributed by atoms with Gasteiger partial charge >= 0.3 is 6.18 Å². The molecule has 0 spiro atoms. The lowest BCUT2D eigenvalue weighted by molar-refractivity contribution is -0.137. The molecule has 0 bridgehead atoms. The molecule has 0 heterocycles. The molecule has 0 aliphatic heterocycles. The third-order valence-electron chi connectivity index (χ3n) is 2.97. The zero-order valence-electron chi connectivity index (χ0n) is 11.8. The number of benzene rings is 2. The molecule has 5 nitrogen and oxygen atoms in total. The average molecular weight is 379 g/mol. The molecule has 0 saturated heterocycles. The molecule has 3 N–H and O–H groups in total. The number of sulfonamides is 1. The van der Waals surface area contributed by atoms with E-state index >= 15 is 0 Å². The van der Waals surface area contributed by atoms with E-state index in [1.165, 1.54) is 12.1 Å². The molecule has 0 saturated carbocycles. The van der Waals surface area contributed by atoms with E-state index in [2.05, 4.69) is 0 Å². The van der Waals surface area contributed by atoms with Crippen molar-refractivity contribution in [3.8, 4) is 0 Å². The Hall–Kier alpha value is -2.26. The van der Waals surface area contributed by atoms with Crippen LogP contribution in [0, 0.1) is 0 Å². The molecule has 0 aliphatic rings. The number of amides is 1. The van der Waals surface area contributed by atoms with Crippen LogP contribution >= 0.6 is 11.6 Å². The minimum absolute atomic E-state index is 0.0128. The van der Waals surface area contributed by atoms with Crippen molar-refractivity contribution in [1.82, 2.24) is 0 Å². The lowest BCUT2D eigenvalue weighted by Gasteiger charge is -2.12. The minimum atomic E-state index is -4.69. The smallest absolute Gasteiger partial charge is 0.366 e. The molecule has 2 aromatic carbocycles. The van der Waals surface area contributed by atoms with Crippen LogP contribution in [0.15, 0.2) is 47.4 Å². The molecule has 0 aromatic heterocycles. The van der Waals surface area contributed by atoms with Gasteiger partial charge in [0.15, 0.2) is 0 Å². The second kappa shape index (κ2) is 6.33. The first-order valence-corrected chi connectivity index (χ1v) is 8.16. The van der Waals surface area contributed by atoms with Crippen LogP contribution in [-0.2, 0) is 16.2 Å². The number of hydrogen-bond donors (Lipinski definition) is 2. The highest BCUT2D eigenvalue weighted by Crippen LogP contribution is 2.31. The second-order valence-corrected chi connectivity index (χ2v) is 6.78. The van der Waals surface area contributed by atoms with Crippen LogP contribution in [0.4, 0.5) is 18.9 Å². The van der Waals surface area contributed by atoms with Crippen LogP contribution in [0.5, 0.6) is 0 Å². The molecule has 2 rings (SSSR count). The maximum Gasteiger partial charge on any atom is 0.416 e. The van der Waals surface area contributed by atoms with Crippen molar-refractivity contribution in [2.45, 2.75) is 11.1 Å². The summed E-state index contributed by atoms with van der Waals surface area (Å²) in [6.07, 6.45) is -4.69. The van der Waals surface area contributed by atoms with Crippen LogP contribution < -0.4 is 10.5 Å². The Morgan fingerprint density at radius 3 is 2.38 bits per heavy atom. The molecule has 0 aliphatic carbocycles. The summed E-state index contributed by atoms with van der Waals surface area (Å²) in [6, 6.07) is 6.84. The number of nitrogens with two attached hydrogens (primary N) is 1. The fourth-order valence-electron chi connectivity index (χ4n) is 1.80. The van der Waals surface area contributed by atoms with Gasteiger partial charge in [-0.2, -0.15) is 13.2 Å². The Kier molecular flexibility index (Phi) is 4.77. The number of primary amides is 1. The Morgan fingerprint density at radius 2 is 1.79 bits per heavy atom. The third kappa shape index (κ3) is 3.98. The molecule has 1 amide bonds. The number of carbonyl (C=O) groups excluding carboxylic acids is 1. The lowest BCUT2D eigenvalue weighted by Crippen LogP contribution is -2.16. The first-order valence-electron chi connectivity index (χ1n) is 6.30. The number of nitrogens with one attached hydrogen (secondary N) is 1. The average Bonchev–Trinajstić information content (AvgIpc) is 2.48. The molecular weight excluding hydrogens is 369 g/mol. The number of rotatable bonds is 4. The van der Waals surface area contributed by atoms with Gasteiger partial charge in [0.25, 0.3) is 10.0 Å². The summed E-state index contributed by atoms with van der Waals surface area (Å²) in [6.45, 7) is 0. The van der Waals surface area contributed by atoms with Crippen LogP contribution in [0.25, 0.3) is 0 Å². The highest BCUT2D eigenvalue weighted by atomic mass is 35.5. The first-order chi connectivity index (χ1) is 11.0. The van der Waals surface area contributed by atoms with Gasteiger partial charge in [-0.1, -0.05) is 17.7 Å². The number of hydrogen-bond acceptors (Lipinski definition) is 3.